The molecule has 3 atom stereocenters. The number of carbonyl (C=O) groups is 4. The third kappa shape index (κ3) is 7.57. The number of ether oxygens (including phenoxy) is 3. The maximum atomic E-state index is 13.2. The van der Waals surface area contributed by atoms with Gasteiger partial charge in [0.1, 0.15) is 29.1 Å². The third-order valence-electron chi connectivity index (χ3n) is 6.99. The van der Waals surface area contributed by atoms with E-state index in [9.17, 15) is 19.2 Å². The summed E-state index contributed by atoms with van der Waals surface area (Å²) in [6, 6.07) is 8.00. The Kier molecular flexibility index (Phi) is 8.79. The van der Waals surface area contributed by atoms with Crippen LogP contribution in [0.4, 0.5) is 4.79 Å². The highest BCUT2D eigenvalue weighted by Crippen LogP contribution is 2.34. The van der Waals surface area contributed by atoms with E-state index >= 15 is 0 Å². The summed E-state index contributed by atoms with van der Waals surface area (Å²) in [7, 11) is 0. The smallest absolute Gasteiger partial charge is 0.410 e. The maximum Gasteiger partial charge on any atom is 0.410 e. The van der Waals surface area contributed by atoms with Gasteiger partial charge in [0.2, 0.25) is 5.91 Å². The molecule has 11 nitrogen and oxygen atoms in total. The molecule has 3 heterocycles. The van der Waals surface area contributed by atoms with E-state index < -0.39 is 35.2 Å². The monoisotopic (exact) mass is 580 g/mol. The van der Waals surface area contributed by atoms with E-state index in [0.717, 1.165) is 5.56 Å². The lowest BCUT2D eigenvalue weighted by Crippen LogP contribution is -2.45. The first-order valence-electron chi connectivity index (χ1n) is 14.1. The molecule has 2 aromatic rings. The molecule has 0 bridgehead atoms. The largest absolute Gasteiger partial charge is 0.488 e. The molecular weight excluding hydrogens is 540 g/mol. The number of hydrogen-bond acceptors (Lipinski definition) is 8. The van der Waals surface area contributed by atoms with Crippen molar-refractivity contribution in [3.8, 4) is 5.75 Å². The van der Waals surface area contributed by atoms with E-state index in [1.54, 1.807) is 56.3 Å². The van der Waals surface area contributed by atoms with Crippen LogP contribution >= 0.6 is 0 Å². The zero-order chi connectivity index (χ0) is 30.8. The minimum Gasteiger partial charge on any atom is -0.488 e. The molecule has 0 unspecified atom stereocenters. The van der Waals surface area contributed by atoms with Crippen molar-refractivity contribution in [2.45, 2.75) is 90.2 Å². The first-order valence-corrected chi connectivity index (χ1v) is 14.1. The lowest BCUT2D eigenvalue weighted by Gasteiger charge is -2.25. The highest BCUT2D eigenvalue weighted by molar-refractivity contribution is 6.01. The van der Waals surface area contributed by atoms with Gasteiger partial charge in [-0.25, -0.2) is 4.79 Å². The highest BCUT2D eigenvalue weighted by Gasteiger charge is 2.40. The topological polar surface area (TPSA) is 141 Å². The van der Waals surface area contributed by atoms with Crippen molar-refractivity contribution in [1.29, 1.82) is 0 Å². The van der Waals surface area contributed by atoms with E-state index in [-0.39, 0.29) is 37.3 Å². The molecule has 2 aliphatic heterocycles. The molecule has 0 radical (unpaired) electrons. The Bertz CT molecular complexity index is 1330. The zero-order valence-corrected chi connectivity index (χ0v) is 25.1. The quantitative estimate of drug-likeness (QED) is 0.465. The van der Waals surface area contributed by atoms with Gasteiger partial charge < -0.3 is 29.7 Å². The van der Waals surface area contributed by atoms with Gasteiger partial charge in [-0.15, -0.1) is 0 Å². The fourth-order valence-electron chi connectivity index (χ4n) is 5.22. The number of primary amides is 1. The van der Waals surface area contributed by atoms with Crippen LogP contribution in [0.15, 0.2) is 42.7 Å². The van der Waals surface area contributed by atoms with Crippen molar-refractivity contribution in [2.75, 3.05) is 13.1 Å². The Morgan fingerprint density at radius 1 is 1.00 bits per heavy atom. The number of rotatable bonds is 8. The molecule has 3 amide bonds. The first-order chi connectivity index (χ1) is 19.6. The number of nitrogens with two attached hydrogens (primary N) is 1. The number of likely N-dealkylation sites (tertiary alicyclic amines) is 1. The zero-order valence-electron chi connectivity index (χ0n) is 25.1. The second-order valence-electron chi connectivity index (χ2n) is 12.7. The van der Waals surface area contributed by atoms with Crippen LogP contribution in [0.1, 0.15) is 81.8 Å². The summed E-state index contributed by atoms with van der Waals surface area (Å²) >= 11 is 0. The van der Waals surface area contributed by atoms with Gasteiger partial charge in [-0.1, -0.05) is 0 Å². The summed E-state index contributed by atoms with van der Waals surface area (Å²) in [5, 5.41) is 0. The van der Waals surface area contributed by atoms with E-state index in [1.165, 1.54) is 4.90 Å². The number of pyridine rings is 1. The normalized spacial score (nSPS) is 19.3. The lowest BCUT2D eigenvalue weighted by molar-refractivity contribution is -0.155. The SMILES string of the molecule is CC(C)(C)OC(=O)CC[C@@H](C(N)=O)N1Cc2cc(O[C@@H]3CN(C(=O)OC(C)(C)C)C[C@H]3c3ccncc3)ccc2C1=O. The van der Waals surface area contributed by atoms with Gasteiger partial charge in [0.15, 0.2) is 0 Å². The molecule has 4 rings (SSSR count). The average molecular weight is 581 g/mol. The molecule has 0 aliphatic carbocycles. The predicted molar refractivity (Wildman–Crippen MR) is 154 cm³/mol. The van der Waals surface area contributed by atoms with Crippen LogP contribution in [0.3, 0.4) is 0 Å². The van der Waals surface area contributed by atoms with Crippen molar-refractivity contribution in [3.05, 3.63) is 59.4 Å². The Balaban J connectivity index is 1.49. The first kappa shape index (κ1) is 30.8. The molecule has 1 fully saturated rings. The fraction of sp³-hybridized carbons (Fsp3) is 0.516. The number of esters is 1. The number of fused-ring (bicyclic) bond motifs is 1. The summed E-state index contributed by atoms with van der Waals surface area (Å²) in [5.41, 5.74) is 6.48. The van der Waals surface area contributed by atoms with Crippen molar-refractivity contribution in [3.63, 3.8) is 0 Å². The van der Waals surface area contributed by atoms with Crippen LogP contribution in [-0.4, -0.2) is 75.1 Å². The van der Waals surface area contributed by atoms with Crippen molar-refractivity contribution < 1.29 is 33.4 Å². The number of carbonyl (C=O) groups excluding carboxylic acids is 4. The van der Waals surface area contributed by atoms with E-state index in [2.05, 4.69) is 4.98 Å². The van der Waals surface area contributed by atoms with Crippen molar-refractivity contribution in [1.82, 2.24) is 14.8 Å². The third-order valence-corrected chi connectivity index (χ3v) is 6.99. The fourth-order valence-corrected chi connectivity index (χ4v) is 5.22. The molecule has 0 spiro atoms. The predicted octanol–water partition coefficient (Wildman–Crippen LogP) is 3.80. The van der Waals surface area contributed by atoms with Crippen LogP contribution in [0.5, 0.6) is 5.75 Å². The Morgan fingerprint density at radius 2 is 1.67 bits per heavy atom. The Hall–Kier alpha value is -4.15. The van der Waals surface area contributed by atoms with Gasteiger partial charge >= 0.3 is 12.1 Å². The minimum atomic E-state index is -0.963. The van der Waals surface area contributed by atoms with Crippen molar-refractivity contribution in [2.24, 2.45) is 5.73 Å². The molecule has 1 aromatic carbocycles. The number of aromatic nitrogens is 1. The maximum absolute atomic E-state index is 13.2. The summed E-state index contributed by atoms with van der Waals surface area (Å²) in [5.74, 6) is -1.09. The van der Waals surface area contributed by atoms with E-state index in [0.29, 0.717) is 30.0 Å². The molecular formula is C31H40N4O7. The molecule has 42 heavy (non-hydrogen) atoms. The number of amides is 3. The molecule has 2 N–H and O–H groups in total. The van der Waals surface area contributed by atoms with Crippen LogP contribution < -0.4 is 10.5 Å². The molecule has 1 aromatic heterocycles. The van der Waals surface area contributed by atoms with Gasteiger partial charge in [-0.05, 0) is 89.4 Å². The number of nitrogens with zero attached hydrogens (tertiary/aromatic N) is 3. The van der Waals surface area contributed by atoms with Crippen LogP contribution in [0, 0.1) is 0 Å². The molecule has 0 saturated carbocycles. The van der Waals surface area contributed by atoms with Crippen molar-refractivity contribution >= 4 is 23.9 Å². The van der Waals surface area contributed by atoms with Gasteiger partial charge in [-0.2, -0.15) is 0 Å². The van der Waals surface area contributed by atoms with Crippen LogP contribution in [-0.2, 0) is 25.6 Å². The summed E-state index contributed by atoms with van der Waals surface area (Å²) in [6.45, 7) is 11.6. The van der Waals surface area contributed by atoms with E-state index in [1.807, 2.05) is 32.9 Å². The standard InChI is InChI=1S/C31H40N4O7/c1-30(2,3)41-26(36)10-9-24(27(32)37)35-16-20-15-21(7-8-22(20)28(35)38)40-25-18-34(29(39)42-31(4,5)6)17-23(25)19-11-13-33-14-12-19/h7-8,11-15,23-25H,9-10,16-18H2,1-6H3,(H2,32,37)/t23-,24-,25+/m0/s1. The second-order valence-corrected chi connectivity index (χ2v) is 12.7. The molecule has 11 heteroatoms. The van der Waals surface area contributed by atoms with Gasteiger partial charge in [0.25, 0.3) is 5.91 Å². The summed E-state index contributed by atoms with van der Waals surface area (Å²) in [6.07, 6.45) is 2.63. The Morgan fingerprint density at radius 3 is 2.29 bits per heavy atom. The van der Waals surface area contributed by atoms with Gasteiger partial charge in [0.05, 0.1) is 6.54 Å². The molecule has 2 aliphatic rings. The van der Waals surface area contributed by atoms with Crippen LogP contribution in [0.25, 0.3) is 0 Å². The van der Waals surface area contributed by atoms with E-state index in [4.69, 9.17) is 19.9 Å². The highest BCUT2D eigenvalue weighted by atomic mass is 16.6. The average Bonchev–Trinajstić information content (AvgIpc) is 3.44. The lowest BCUT2D eigenvalue weighted by atomic mass is 9.97. The van der Waals surface area contributed by atoms with Gasteiger partial charge in [0, 0.05) is 43.4 Å². The number of benzene rings is 1. The Labute approximate surface area is 246 Å². The summed E-state index contributed by atoms with van der Waals surface area (Å²) < 4.78 is 17.4. The minimum absolute atomic E-state index is 0.0500. The summed E-state index contributed by atoms with van der Waals surface area (Å²) in [4.78, 5) is 57.8. The molecule has 226 valence electrons. The van der Waals surface area contributed by atoms with Crippen LogP contribution in [0.2, 0.25) is 0 Å². The molecule has 1 saturated heterocycles. The second kappa shape index (κ2) is 12.0. The van der Waals surface area contributed by atoms with Gasteiger partial charge in [-0.3, -0.25) is 19.4 Å². The number of hydrogen-bond donors (Lipinski definition) is 1.